The van der Waals surface area contributed by atoms with Crippen molar-refractivity contribution in [3.8, 4) is 22.6 Å². The van der Waals surface area contributed by atoms with Crippen LogP contribution in [0.25, 0.3) is 11.1 Å². The zero-order valence-corrected chi connectivity index (χ0v) is 18.0. The van der Waals surface area contributed by atoms with Gasteiger partial charge in [-0.1, -0.05) is 18.2 Å². The highest BCUT2D eigenvalue weighted by Gasteiger charge is 2.22. The topological polar surface area (TPSA) is 108 Å². The van der Waals surface area contributed by atoms with Crippen molar-refractivity contribution in [1.29, 1.82) is 0 Å². The van der Waals surface area contributed by atoms with Crippen LogP contribution in [0.15, 0.2) is 54.9 Å². The summed E-state index contributed by atoms with van der Waals surface area (Å²) in [6.07, 6.45) is 6.28. The van der Waals surface area contributed by atoms with Gasteiger partial charge in [-0.2, -0.15) is 5.10 Å². The van der Waals surface area contributed by atoms with Crippen molar-refractivity contribution in [3.05, 3.63) is 60.4 Å². The summed E-state index contributed by atoms with van der Waals surface area (Å²) in [5.41, 5.74) is 3.40. The summed E-state index contributed by atoms with van der Waals surface area (Å²) in [7, 11) is 1.61. The van der Waals surface area contributed by atoms with Gasteiger partial charge in [0.05, 0.1) is 31.2 Å². The number of methoxy groups -OCH3 is 1. The van der Waals surface area contributed by atoms with Crippen LogP contribution in [-0.4, -0.2) is 40.7 Å². The van der Waals surface area contributed by atoms with Gasteiger partial charge in [0, 0.05) is 18.3 Å². The van der Waals surface area contributed by atoms with Crippen molar-refractivity contribution in [2.75, 3.05) is 12.4 Å². The van der Waals surface area contributed by atoms with E-state index in [0.29, 0.717) is 18.0 Å². The van der Waals surface area contributed by atoms with E-state index in [1.807, 2.05) is 48.7 Å². The first-order valence-electron chi connectivity index (χ1n) is 10.8. The summed E-state index contributed by atoms with van der Waals surface area (Å²) in [6.45, 7) is 0.368. The van der Waals surface area contributed by atoms with Crippen LogP contribution >= 0.6 is 0 Å². The van der Waals surface area contributed by atoms with Gasteiger partial charge in [-0.05, 0) is 61.1 Å². The van der Waals surface area contributed by atoms with Gasteiger partial charge >= 0.3 is 6.03 Å². The Morgan fingerprint density at radius 3 is 2.75 bits per heavy atom. The molecule has 1 aromatic heterocycles. The molecule has 8 heteroatoms. The third-order valence-electron chi connectivity index (χ3n) is 5.59. The van der Waals surface area contributed by atoms with Crippen molar-refractivity contribution >= 4 is 11.7 Å². The van der Waals surface area contributed by atoms with Gasteiger partial charge in [0.1, 0.15) is 11.5 Å². The van der Waals surface area contributed by atoms with Crippen molar-refractivity contribution in [3.63, 3.8) is 0 Å². The lowest BCUT2D eigenvalue weighted by atomic mass is 9.95. The van der Waals surface area contributed by atoms with Crippen LogP contribution in [0.3, 0.4) is 0 Å². The molecule has 0 bridgehead atoms. The molecule has 4 N–H and O–H groups in total. The summed E-state index contributed by atoms with van der Waals surface area (Å²) in [6, 6.07) is 12.9. The Kier molecular flexibility index (Phi) is 6.91. The van der Waals surface area contributed by atoms with Crippen LogP contribution in [-0.2, 0) is 6.54 Å². The van der Waals surface area contributed by atoms with Crippen molar-refractivity contribution < 1.29 is 19.4 Å². The Morgan fingerprint density at radius 2 is 2.00 bits per heavy atom. The Hall–Kier alpha value is -3.52. The quantitative estimate of drug-likeness (QED) is 0.446. The number of aromatic amines is 1. The van der Waals surface area contributed by atoms with Crippen molar-refractivity contribution in [2.24, 2.45) is 0 Å². The molecule has 0 aliphatic heterocycles. The number of anilines is 1. The fourth-order valence-electron chi connectivity index (χ4n) is 3.79. The number of aliphatic hydroxyl groups is 1. The average molecular weight is 437 g/mol. The number of urea groups is 1. The second-order valence-electron chi connectivity index (χ2n) is 7.91. The van der Waals surface area contributed by atoms with E-state index in [-0.39, 0.29) is 18.2 Å². The maximum Gasteiger partial charge on any atom is 0.319 e. The number of benzene rings is 2. The van der Waals surface area contributed by atoms with Gasteiger partial charge in [-0.3, -0.25) is 5.10 Å². The molecule has 1 fully saturated rings. The number of aromatic nitrogens is 2. The molecule has 1 saturated carbocycles. The Labute approximate surface area is 187 Å². The number of nitrogens with zero attached hydrogens (tertiary/aromatic N) is 1. The molecule has 0 spiro atoms. The van der Waals surface area contributed by atoms with Crippen LogP contribution in [0.1, 0.15) is 31.2 Å². The summed E-state index contributed by atoms with van der Waals surface area (Å²) in [5, 5.41) is 22.4. The lowest BCUT2D eigenvalue weighted by Gasteiger charge is -2.27. The van der Waals surface area contributed by atoms with Crippen molar-refractivity contribution in [2.45, 2.75) is 44.4 Å². The van der Waals surface area contributed by atoms with Gasteiger partial charge in [0.25, 0.3) is 0 Å². The summed E-state index contributed by atoms with van der Waals surface area (Å²) in [5.74, 6) is 1.34. The Balaban J connectivity index is 1.46. The van der Waals surface area contributed by atoms with Crippen LogP contribution in [0.2, 0.25) is 0 Å². The molecule has 2 aromatic carbocycles. The molecule has 0 radical (unpaired) electrons. The maximum atomic E-state index is 12.6. The fraction of sp³-hybridized carbons (Fsp3) is 0.333. The number of ether oxygens (including phenoxy) is 2. The van der Waals surface area contributed by atoms with Gasteiger partial charge < -0.3 is 25.2 Å². The minimum Gasteiger partial charge on any atom is -0.497 e. The number of amides is 2. The third-order valence-corrected chi connectivity index (χ3v) is 5.59. The maximum absolute atomic E-state index is 12.6. The van der Waals surface area contributed by atoms with Crippen LogP contribution < -0.4 is 20.1 Å². The molecule has 1 aliphatic carbocycles. The molecule has 1 heterocycles. The highest BCUT2D eigenvalue weighted by atomic mass is 16.5. The largest absolute Gasteiger partial charge is 0.497 e. The zero-order chi connectivity index (χ0) is 22.3. The minimum atomic E-state index is -0.326. The third kappa shape index (κ3) is 5.59. The highest BCUT2D eigenvalue weighted by Crippen LogP contribution is 2.33. The number of nitrogens with one attached hydrogen (secondary N) is 3. The molecule has 3 aromatic rings. The minimum absolute atomic E-state index is 0.00149. The number of hydrogen-bond acceptors (Lipinski definition) is 5. The van der Waals surface area contributed by atoms with Crippen LogP contribution in [0, 0.1) is 0 Å². The molecule has 4 rings (SSSR count). The second kappa shape index (κ2) is 10.2. The molecule has 1 aliphatic rings. The average Bonchev–Trinajstić information content (AvgIpc) is 3.35. The number of carbonyl (C=O) groups is 1. The van der Waals surface area contributed by atoms with Gasteiger partial charge in [-0.15, -0.1) is 0 Å². The molecule has 0 saturated heterocycles. The van der Waals surface area contributed by atoms with E-state index in [4.69, 9.17) is 9.47 Å². The van der Waals surface area contributed by atoms with Crippen LogP contribution in [0.5, 0.6) is 11.5 Å². The van der Waals surface area contributed by atoms with E-state index in [2.05, 4.69) is 20.8 Å². The molecular formula is C24H28N4O4. The smallest absolute Gasteiger partial charge is 0.319 e. The number of H-pyrrole nitrogens is 1. The standard InChI is InChI=1S/C24H28N4O4/c1-31-21-4-2-3-16(11-21)13-25-24(30)28-22-10-5-17(18-14-26-27-15-18)12-23(22)32-20-8-6-19(29)7-9-20/h2-5,10-12,14-15,19-20,29H,6-9,13H2,1H3,(H,26,27)(H2,25,28,30). The normalized spacial score (nSPS) is 18.1. The predicted octanol–water partition coefficient (Wildman–Crippen LogP) is 4.09. The predicted molar refractivity (Wildman–Crippen MR) is 122 cm³/mol. The molecule has 2 amide bonds. The number of aliphatic hydroxyl groups excluding tert-OH is 1. The molecule has 8 nitrogen and oxygen atoms in total. The number of rotatable bonds is 7. The molecule has 0 atom stereocenters. The fourth-order valence-corrected chi connectivity index (χ4v) is 3.79. The van der Waals surface area contributed by atoms with E-state index in [1.54, 1.807) is 13.3 Å². The molecule has 0 unspecified atom stereocenters. The summed E-state index contributed by atoms with van der Waals surface area (Å²) in [4.78, 5) is 12.6. The monoisotopic (exact) mass is 436 g/mol. The van der Waals surface area contributed by atoms with E-state index < -0.39 is 0 Å². The zero-order valence-electron chi connectivity index (χ0n) is 18.0. The first-order chi connectivity index (χ1) is 15.6. The summed E-state index contributed by atoms with van der Waals surface area (Å²) < 4.78 is 11.5. The van der Waals surface area contributed by atoms with Gasteiger partial charge in [0.15, 0.2) is 0 Å². The molecule has 32 heavy (non-hydrogen) atoms. The van der Waals surface area contributed by atoms with Crippen molar-refractivity contribution in [1.82, 2.24) is 15.5 Å². The first kappa shape index (κ1) is 21.7. The van der Waals surface area contributed by atoms with E-state index in [9.17, 15) is 9.90 Å². The highest BCUT2D eigenvalue weighted by molar-refractivity contribution is 5.91. The summed E-state index contributed by atoms with van der Waals surface area (Å²) >= 11 is 0. The van der Waals surface area contributed by atoms with Gasteiger partial charge in [0.2, 0.25) is 0 Å². The SMILES string of the molecule is COc1cccc(CNC(=O)Nc2ccc(-c3cn[nH]c3)cc2OC2CCC(O)CC2)c1. The van der Waals surface area contributed by atoms with Crippen LogP contribution in [0.4, 0.5) is 10.5 Å². The van der Waals surface area contributed by atoms with E-state index in [0.717, 1.165) is 48.1 Å². The van der Waals surface area contributed by atoms with Gasteiger partial charge in [-0.25, -0.2) is 4.79 Å². The second-order valence-corrected chi connectivity index (χ2v) is 7.91. The lowest BCUT2D eigenvalue weighted by Crippen LogP contribution is -2.29. The Morgan fingerprint density at radius 1 is 1.16 bits per heavy atom. The number of hydrogen-bond donors (Lipinski definition) is 4. The molecular weight excluding hydrogens is 408 g/mol. The first-order valence-corrected chi connectivity index (χ1v) is 10.8. The molecule has 168 valence electrons. The Bertz CT molecular complexity index is 1030. The van der Waals surface area contributed by atoms with E-state index in [1.165, 1.54) is 0 Å². The lowest BCUT2D eigenvalue weighted by molar-refractivity contribution is 0.0669. The number of carbonyl (C=O) groups excluding carboxylic acids is 1. The van der Waals surface area contributed by atoms with E-state index >= 15 is 0 Å².